The minimum atomic E-state index is -0.652. The first kappa shape index (κ1) is 17.8. The van der Waals surface area contributed by atoms with Crippen LogP contribution in [0.3, 0.4) is 0 Å². The highest BCUT2D eigenvalue weighted by Gasteiger charge is 2.44. The smallest absolute Gasteiger partial charge is 0.133 e. The zero-order chi connectivity index (χ0) is 18.8. The number of aromatic hydroxyl groups is 1. The SMILES string of the molecule is N#Cc1ccc(O[C@@H]2C[C@H]3CN[C@H](C[C@@H](O)c4ccc(O)cn4)[C@@H]3C2)cc1. The number of rotatable bonds is 5. The fourth-order valence-corrected chi connectivity index (χ4v) is 4.40. The largest absolute Gasteiger partial charge is 0.506 e. The van der Waals surface area contributed by atoms with Crippen LogP contribution in [0.1, 0.15) is 36.6 Å². The molecule has 6 heteroatoms. The first-order chi connectivity index (χ1) is 13.1. The van der Waals surface area contributed by atoms with Gasteiger partial charge >= 0.3 is 0 Å². The third-order valence-corrected chi connectivity index (χ3v) is 5.74. The van der Waals surface area contributed by atoms with Crippen LogP contribution < -0.4 is 10.1 Å². The van der Waals surface area contributed by atoms with Crippen molar-refractivity contribution in [3.63, 3.8) is 0 Å². The quantitative estimate of drug-likeness (QED) is 0.753. The van der Waals surface area contributed by atoms with Crippen LogP contribution in [-0.2, 0) is 0 Å². The normalized spacial score (nSPS) is 27.7. The number of pyridine rings is 1. The Balaban J connectivity index is 1.35. The van der Waals surface area contributed by atoms with E-state index in [1.54, 1.807) is 24.3 Å². The molecule has 2 fully saturated rings. The molecule has 1 aromatic carbocycles. The second-order valence-corrected chi connectivity index (χ2v) is 7.48. The molecule has 140 valence electrons. The number of nitrogens with zero attached hydrogens (tertiary/aromatic N) is 2. The van der Waals surface area contributed by atoms with Gasteiger partial charge in [0.05, 0.1) is 35.7 Å². The maximum Gasteiger partial charge on any atom is 0.133 e. The van der Waals surface area contributed by atoms with Crippen molar-refractivity contribution in [3.05, 3.63) is 53.9 Å². The third kappa shape index (κ3) is 3.90. The van der Waals surface area contributed by atoms with E-state index < -0.39 is 6.10 Å². The highest BCUT2D eigenvalue weighted by Crippen LogP contribution is 2.42. The van der Waals surface area contributed by atoms with Crippen molar-refractivity contribution in [3.8, 4) is 17.6 Å². The summed E-state index contributed by atoms with van der Waals surface area (Å²) in [5, 5.41) is 32.3. The number of aromatic nitrogens is 1. The summed E-state index contributed by atoms with van der Waals surface area (Å²) in [6, 6.07) is 12.8. The Labute approximate surface area is 158 Å². The lowest BCUT2D eigenvalue weighted by Crippen LogP contribution is -2.30. The number of ether oxygens (including phenoxy) is 1. The molecule has 1 aliphatic heterocycles. The number of nitriles is 1. The molecule has 1 aromatic heterocycles. The minimum absolute atomic E-state index is 0.101. The molecule has 27 heavy (non-hydrogen) atoms. The van der Waals surface area contributed by atoms with Crippen molar-refractivity contribution in [1.82, 2.24) is 10.3 Å². The van der Waals surface area contributed by atoms with Gasteiger partial charge in [-0.1, -0.05) is 0 Å². The molecule has 2 aliphatic rings. The minimum Gasteiger partial charge on any atom is -0.506 e. The summed E-state index contributed by atoms with van der Waals surface area (Å²) in [4.78, 5) is 4.12. The van der Waals surface area contributed by atoms with Crippen molar-refractivity contribution in [2.24, 2.45) is 11.8 Å². The summed E-state index contributed by atoms with van der Waals surface area (Å²) in [6.45, 7) is 0.943. The Hall–Kier alpha value is -2.62. The Morgan fingerprint density at radius 1 is 1.22 bits per heavy atom. The molecule has 1 aliphatic carbocycles. The molecule has 5 atom stereocenters. The van der Waals surface area contributed by atoms with E-state index in [9.17, 15) is 10.2 Å². The number of hydrogen-bond donors (Lipinski definition) is 3. The van der Waals surface area contributed by atoms with Gasteiger partial charge in [-0.25, -0.2) is 0 Å². The monoisotopic (exact) mass is 365 g/mol. The zero-order valence-electron chi connectivity index (χ0n) is 15.0. The van der Waals surface area contributed by atoms with Crippen molar-refractivity contribution in [2.45, 2.75) is 37.5 Å². The maximum atomic E-state index is 10.5. The molecule has 0 amide bonds. The van der Waals surface area contributed by atoms with E-state index >= 15 is 0 Å². The summed E-state index contributed by atoms with van der Waals surface area (Å²) in [7, 11) is 0. The van der Waals surface area contributed by atoms with Gasteiger partial charge < -0.3 is 20.3 Å². The third-order valence-electron chi connectivity index (χ3n) is 5.74. The molecule has 0 radical (unpaired) electrons. The molecular weight excluding hydrogens is 342 g/mol. The van der Waals surface area contributed by atoms with Gasteiger partial charge in [-0.15, -0.1) is 0 Å². The summed E-state index contributed by atoms with van der Waals surface area (Å²) < 4.78 is 6.12. The first-order valence-electron chi connectivity index (χ1n) is 9.35. The van der Waals surface area contributed by atoms with E-state index in [0.29, 0.717) is 29.5 Å². The molecular formula is C21H23N3O3. The van der Waals surface area contributed by atoms with Crippen LogP contribution in [0.2, 0.25) is 0 Å². The highest BCUT2D eigenvalue weighted by atomic mass is 16.5. The van der Waals surface area contributed by atoms with Gasteiger partial charge in [-0.05, 0) is 74.0 Å². The fourth-order valence-electron chi connectivity index (χ4n) is 4.40. The van der Waals surface area contributed by atoms with E-state index in [-0.39, 0.29) is 17.9 Å². The maximum absolute atomic E-state index is 10.5. The molecule has 1 saturated heterocycles. The van der Waals surface area contributed by atoms with E-state index in [1.807, 2.05) is 12.1 Å². The molecule has 0 bridgehead atoms. The Bertz CT molecular complexity index is 816. The van der Waals surface area contributed by atoms with Crippen molar-refractivity contribution < 1.29 is 14.9 Å². The highest BCUT2D eigenvalue weighted by molar-refractivity contribution is 5.34. The van der Waals surface area contributed by atoms with Gasteiger partial charge in [-0.2, -0.15) is 5.26 Å². The van der Waals surface area contributed by atoms with Crippen LogP contribution in [0.25, 0.3) is 0 Å². The standard InChI is InChI=1S/C21H23N3O3/c22-10-13-1-4-16(5-2-13)27-17-7-14-11-23-20(18(14)8-17)9-21(26)19-6-3-15(25)12-24-19/h1-6,12,14,17-18,20-21,23,25-26H,7-9,11H2/t14-,17+,18+,20+,21+/m0/s1. The van der Waals surface area contributed by atoms with E-state index in [2.05, 4.69) is 16.4 Å². The van der Waals surface area contributed by atoms with Gasteiger partial charge in [0.15, 0.2) is 0 Å². The predicted octanol–water partition coefficient (Wildman–Crippen LogP) is 2.53. The van der Waals surface area contributed by atoms with Crippen LogP contribution in [0.5, 0.6) is 11.5 Å². The van der Waals surface area contributed by atoms with Crippen molar-refractivity contribution in [2.75, 3.05) is 6.54 Å². The Kier molecular flexibility index (Phi) is 4.97. The lowest BCUT2D eigenvalue weighted by Gasteiger charge is -2.22. The summed E-state index contributed by atoms with van der Waals surface area (Å²) in [6.07, 6.45) is 3.43. The van der Waals surface area contributed by atoms with Crippen LogP contribution in [0.4, 0.5) is 0 Å². The van der Waals surface area contributed by atoms with Crippen molar-refractivity contribution in [1.29, 1.82) is 5.26 Å². The van der Waals surface area contributed by atoms with Crippen LogP contribution >= 0.6 is 0 Å². The zero-order valence-corrected chi connectivity index (χ0v) is 15.0. The van der Waals surface area contributed by atoms with Gasteiger partial charge in [0, 0.05) is 6.04 Å². The number of benzene rings is 1. The van der Waals surface area contributed by atoms with Gasteiger partial charge in [0.25, 0.3) is 0 Å². The van der Waals surface area contributed by atoms with Gasteiger partial charge in [0.1, 0.15) is 11.5 Å². The van der Waals surface area contributed by atoms with Crippen molar-refractivity contribution >= 4 is 0 Å². The average molecular weight is 365 g/mol. The Morgan fingerprint density at radius 3 is 2.74 bits per heavy atom. The average Bonchev–Trinajstić information content (AvgIpc) is 3.24. The number of hydrogen-bond acceptors (Lipinski definition) is 6. The molecule has 2 aromatic rings. The predicted molar refractivity (Wildman–Crippen MR) is 99.1 cm³/mol. The molecule has 2 heterocycles. The van der Waals surface area contributed by atoms with Crippen LogP contribution in [-0.4, -0.2) is 33.9 Å². The number of fused-ring (bicyclic) bond motifs is 1. The summed E-state index contributed by atoms with van der Waals surface area (Å²) in [5.74, 6) is 1.93. The molecule has 4 rings (SSSR count). The summed E-state index contributed by atoms with van der Waals surface area (Å²) in [5.41, 5.74) is 1.22. The topological polar surface area (TPSA) is 98.4 Å². The molecule has 0 spiro atoms. The lowest BCUT2D eigenvalue weighted by atomic mass is 9.90. The molecule has 0 unspecified atom stereocenters. The van der Waals surface area contributed by atoms with E-state index in [4.69, 9.17) is 10.00 Å². The molecule has 1 saturated carbocycles. The lowest BCUT2D eigenvalue weighted by molar-refractivity contribution is 0.136. The molecule has 3 N–H and O–H groups in total. The number of aliphatic hydroxyl groups excluding tert-OH is 1. The first-order valence-corrected chi connectivity index (χ1v) is 9.35. The van der Waals surface area contributed by atoms with E-state index in [0.717, 1.165) is 25.1 Å². The van der Waals surface area contributed by atoms with E-state index in [1.165, 1.54) is 6.20 Å². The Morgan fingerprint density at radius 2 is 2.04 bits per heavy atom. The van der Waals surface area contributed by atoms with Crippen LogP contribution in [0.15, 0.2) is 42.6 Å². The summed E-state index contributed by atoms with van der Waals surface area (Å²) >= 11 is 0. The van der Waals surface area contributed by atoms with Gasteiger partial charge in [-0.3, -0.25) is 4.98 Å². The number of nitrogens with one attached hydrogen (secondary N) is 1. The second kappa shape index (κ2) is 7.55. The van der Waals surface area contributed by atoms with Crippen LogP contribution in [0, 0.1) is 23.2 Å². The fraction of sp³-hybridized carbons (Fsp3) is 0.429. The number of aliphatic hydroxyl groups is 1. The second-order valence-electron chi connectivity index (χ2n) is 7.48. The molecule has 6 nitrogen and oxygen atoms in total. The van der Waals surface area contributed by atoms with Gasteiger partial charge in [0.2, 0.25) is 0 Å².